The molecule has 0 aliphatic carbocycles. The molecule has 2 aromatic rings. The van der Waals surface area contributed by atoms with Crippen molar-refractivity contribution in [2.45, 2.75) is 6.61 Å². The van der Waals surface area contributed by atoms with Crippen LogP contribution in [0.1, 0.15) is 16.7 Å². The van der Waals surface area contributed by atoms with Crippen LogP contribution in [0.25, 0.3) is 6.08 Å². The summed E-state index contributed by atoms with van der Waals surface area (Å²) in [6, 6.07) is 14.7. The van der Waals surface area contributed by atoms with Gasteiger partial charge < -0.3 is 4.74 Å². The molecule has 0 spiro atoms. The Morgan fingerprint density at radius 1 is 1.24 bits per heavy atom. The van der Waals surface area contributed by atoms with Gasteiger partial charge in [-0.3, -0.25) is 0 Å². The Morgan fingerprint density at radius 3 is 2.67 bits per heavy atom. The van der Waals surface area contributed by atoms with Gasteiger partial charge >= 0.3 is 5.97 Å². The van der Waals surface area contributed by atoms with Crippen LogP contribution in [0.5, 0.6) is 0 Å². The topological polar surface area (TPSA) is 50.1 Å². The fourth-order valence-corrected chi connectivity index (χ4v) is 1.65. The summed E-state index contributed by atoms with van der Waals surface area (Å²) in [6.45, 7) is 0.123. The molecule has 0 atom stereocenters. The lowest BCUT2D eigenvalue weighted by atomic mass is 10.2. The Hall–Kier alpha value is -2.93. The normalized spacial score (nSPS) is 10.3. The number of halogens is 1. The molecule has 0 radical (unpaired) electrons. The minimum atomic E-state index is -0.511. The fraction of sp³-hybridized carbons (Fsp3) is 0.0588. The number of rotatable bonds is 4. The van der Waals surface area contributed by atoms with E-state index in [1.165, 1.54) is 24.3 Å². The molecule has 0 saturated heterocycles. The summed E-state index contributed by atoms with van der Waals surface area (Å²) in [5.74, 6) is -0.869. The smallest absolute Gasteiger partial charge is 0.331 e. The van der Waals surface area contributed by atoms with Gasteiger partial charge in [0.2, 0.25) is 0 Å². The first-order chi connectivity index (χ1) is 10.2. The van der Waals surface area contributed by atoms with E-state index in [0.717, 1.165) is 5.56 Å². The van der Waals surface area contributed by atoms with E-state index >= 15 is 0 Å². The van der Waals surface area contributed by atoms with Crippen molar-refractivity contribution in [1.82, 2.24) is 0 Å². The van der Waals surface area contributed by atoms with Crippen molar-refractivity contribution in [2.75, 3.05) is 0 Å². The Bertz CT molecular complexity index is 699. The number of hydrogen-bond donors (Lipinski definition) is 0. The fourth-order valence-electron chi connectivity index (χ4n) is 1.65. The van der Waals surface area contributed by atoms with Crippen LogP contribution in [0, 0.1) is 17.1 Å². The van der Waals surface area contributed by atoms with E-state index in [4.69, 9.17) is 10.00 Å². The monoisotopic (exact) mass is 281 g/mol. The van der Waals surface area contributed by atoms with E-state index in [0.29, 0.717) is 11.1 Å². The maximum Gasteiger partial charge on any atom is 0.331 e. The Kier molecular flexibility index (Phi) is 4.84. The van der Waals surface area contributed by atoms with Crippen molar-refractivity contribution in [3.05, 3.63) is 77.1 Å². The second-order valence-corrected chi connectivity index (χ2v) is 4.30. The van der Waals surface area contributed by atoms with Crippen molar-refractivity contribution in [1.29, 1.82) is 5.26 Å². The summed E-state index contributed by atoms with van der Waals surface area (Å²) < 4.78 is 18.0. The van der Waals surface area contributed by atoms with Gasteiger partial charge in [-0.15, -0.1) is 0 Å². The van der Waals surface area contributed by atoms with Crippen LogP contribution in [-0.2, 0) is 16.1 Å². The third-order valence-electron chi connectivity index (χ3n) is 2.72. The molecular formula is C17H12FNO2. The second kappa shape index (κ2) is 7.01. The van der Waals surface area contributed by atoms with Gasteiger partial charge in [0.05, 0.1) is 11.6 Å². The van der Waals surface area contributed by atoms with E-state index in [1.54, 1.807) is 36.4 Å². The van der Waals surface area contributed by atoms with Crippen LogP contribution in [0.3, 0.4) is 0 Å². The van der Waals surface area contributed by atoms with Crippen LogP contribution < -0.4 is 0 Å². The van der Waals surface area contributed by atoms with Crippen LogP contribution in [0.2, 0.25) is 0 Å². The predicted molar refractivity (Wildman–Crippen MR) is 76.4 cm³/mol. The molecule has 2 aromatic carbocycles. The summed E-state index contributed by atoms with van der Waals surface area (Å²) in [4.78, 5) is 11.5. The molecule has 2 rings (SSSR count). The molecular weight excluding hydrogens is 269 g/mol. The Morgan fingerprint density at radius 2 is 2.00 bits per heavy atom. The van der Waals surface area contributed by atoms with Gasteiger partial charge in [-0.2, -0.15) is 5.26 Å². The molecule has 0 saturated carbocycles. The molecule has 104 valence electrons. The number of carbonyl (C=O) groups excluding carboxylic acids is 1. The molecule has 0 aliphatic rings. The summed E-state index contributed by atoms with van der Waals surface area (Å²) in [5.41, 5.74) is 1.93. The summed E-state index contributed by atoms with van der Waals surface area (Å²) >= 11 is 0. The first-order valence-corrected chi connectivity index (χ1v) is 6.27. The molecule has 0 unspecified atom stereocenters. The highest BCUT2D eigenvalue weighted by atomic mass is 19.1. The molecule has 0 amide bonds. The van der Waals surface area contributed by atoms with Gasteiger partial charge in [0.1, 0.15) is 12.4 Å². The van der Waals surface area contributed by atoms with Gasteiger partial charge in [-0.25, -0.2) is 9.18 Å². The maximum absolute atomic E-state index is 12.9. The lowest BCUT2D eigenvalue weighted by Gasteiger charge is -2.02. The molecule has 21 heavy (non-hydrogen) atoms. The lowest BCUT2D eigenvalue weighted by Crippen LogP contribution is -2.00. The Labute approximate surface area is 121 Å². The molecule has 0 bridgehead atoms. The second-order valence-electron chi connectivity index (χ2n) is 4.30. The third-order valence-corrected chi connectivity index (χ3v) is 2.72. The molecule has 3 nitrogen and oxygen atoms in total. The van der Waals surface area contributed by atoms with Crippen LogP contribution in [0.4, 0.5) is 4.39 Å². The zero-order chi connectivity index (χ0) is 15.1. The first-order valence-electron chi connectivity index (χ1n) is 6.27. The van der Waals surface area contributed by atoms with Gasteiger partial charge in [0.15, 0.2) is 0 Å². The summed E-state index contributed by atoms with van der Waals surface area (Å²) in [7, 11) is 0. The zero-order valence-corrected chi connectivity index (χ0v) is 11.1. The zero-order valence-electron chi connectivity index (χ0n) is 11.1. The predicted octanol–water partition coefficient (Wildman–Crippen LogP) is 3.45. The average Bonchev–Trinajstić information content (AvgIpc) is 2.51. The average molecular weight is 281 g/mol. The molecule has 0 aliphatic heterocycles. The van der Waals surface area contributed by atoms with E-state index in [2.05, 4.69) is 0 Å². The van der Waals surface area contributed by atoms with E-state index in [1.807, 2.05) is 6.07 Å². The molecule has 0 aromatic heterocycles. The minimum Gasteiger partial charge on any atom is -0.458 e. The highest BCUT2D eigenvalue weighted by molar-refractivity contribution is 5.87. The SMILES string of the molecule is N#Cc1ccc(COC(=O)C=Cc2cccc(F)c2)cc1. The third kappa shape index (κ3) is 4.59. The molecule has 4 heteroatoms. The number of hydrogen-bond acceptors (Lipinski definition) is 3. The van der Waals surface area contributed by atoms with Gasteiger partial charge in [-0.05, 0) is 41.5 Å². The van der Waals surface area contributed by atoms with E-state index in [9.17, 15) is 9.18 Å². The highest BCUT2D eigenvalue weighted by Crippen LogP contribution is 2.07. The standard InChI is InChI=1S/C17H12FNO2/c18-16-3-1-2-13(10-16)8-9-17(20)21-12-15-6-4-14(11-19)5-7-15/h1-10H,12H2. The molecule has 0 N–H and O–H groups in total. The van der Waals surface area contributed by atoms with Crippen molar-refractivity contribution in [2.24, 2.45) is 0 Å². The summed E-state index contributed by atoms with van der Waals surface area (Å²) in [5, 5.41) is 8.67. The van der Waals surface area contributed by atoms with Crippen LogP contribution in [-0.4, -0.2) is 5.97 Å². The number of nitriles is 1. The highest BCUT2D eigenvalue weighted by Gasteiger charge is 2.00. The van der Waals surface area contributed by atoms with E-state index in [-0.39, 0.29) is 12.4 Å². The van der Waals surface area contributed by atoms with Crippen molar-refractivity contribution >= 4 is 12.0 Å². The largest absolute Gasteiger partial charge is 0.458 e. The molecule has 0 heterocycles. The van der Waals surface area contributed by atoms with Crippen LogP contribution >= 0.6 is 0 Å². The number of esters is 1. The maximum atomic E-state index is 12.9. The number of ether oxygens (including phenoxy) is 1. The number of nitrogens with zero attached hydrogens (tertiary/aromatic N) is 1. The van der Waals surface area contributed by atoms with Gasteiger partial charge in [0.25, 0.3) is 0 Å². The molecule has 0 fully saturated rings. The first kappa shape index (κ1) is 14.5. The summed E-state index contributed by atoms with van der Waals surface area (Å²) in [6.07, 6.45) is 2.74. The quantitative estimate of drug-likeness (QED) is 0.637. The van der Waals surface area contributed by atoms with E-state index < -0.39 is 5.97 Å². The van der Waals surface area contributed by atoms with Gasteiger partial charge in [0, 0.05) is 6.08 Å². The van der Waals surface area contributed by atoms with Crippen molar-refractivity contribution in [3.8, 4) is 6.07 Å². The van der Waals surface area contributed by atoms with Gasteiger partial charge in [-0.1, -0.05) is 24.3 Å². The number of benzene rings is 2. The van der Waals surface area contributed by atoms with Crippen molar-refractivity contribution < 1.29 is 13.9 Å². The minimum absolute atomic E-state index is 0.123. The van der Waals surface area contributed by atoms with Crippen molar-refractivity contribution in [3.63, 3.8) is 0 Å². The van der Waals surface area contributed by atoms with Crippen LogP contribution in [0.15, 0.2) is 54.6 Å². The number of carbonyl (C=O) groups is 1. The Balaban J connectivity index is 1.88. The lowest BCUT2D eigenvalue weighted by molar-refractivity contribution is -0.138.